The van der Waals surface area contributed by atoms with Crippen LogP contribution in [-0.2, 0) is 0 Å². The van der Waals surface area contributed by atoms with Gasteiger partial charge in [-0.1, -0.05) is 125 Å². The minimum Gasteiger partial charge on any atom is -0.321 e. The van der Waals surface area contributed by atoms with Gasteiger partial charge in [-0.05, 0) is 64.8 Å². The van der Waals surface area contributed by atoms with E-state index in [2.05, 4.69) is 98.0 Å². The largest absolute Gasteiger partial charge is 0.321 e. The summed E-state index contributed by atoms with van der Waals surface area (Å²) in [7, 11) is 0. The lowest BCUT2D eigenvalue weighted by Crippen LogP contribution is -1.93. The first-order chi connectivity index (χ1) is 22.4. The van der Waals surface area contributed by atoms with Crippen molar-refractivity contribution >= 4 is 16.7 Å². The summed E-state index contributed by atoms with van der Waals surface area (Å²) in [6.07, 6.45) is 18.8. The Labute approximate surface area is 295 Å². The van der Waals surface area contributed by atoms with Crippen molar-refractivity contribution in [2.75, 3.05) is 0 Å². The number of aromatic nitrogens is 6. The van der Waals surface area contributed by atoms with Crippen molar-refractivity contribution in [3.05, 3.63) is 111 Å². The van der Waals surface area contributed by atoms with E-state index in [1.54, 1.807) is 24.9 Å². The molecule has 0 amide bonds. The van der Waals surface area contributed by atoms with E-state index in [9.17, 15) is 0 Å². The summed E-state index contributed by atoms with van der Waals surface area (Å²) < 4.78 is 5.97. The molecule has 6 aromatic heterocycles. The van der Waals surface area contributed by atoms with Gasteiger partial charge >= 0.3 is 0 Å². The van der Waals surface area contributed by atoms with Gasteiger partial charge in [0.2, 0.25) is 0 Å². The third-order valence-electron chi connectivity index (χ3n) is 3.96. The van der Waals surface area contributed by atoms with Crippen LogP contribution in [0, 0.1) is 16.2 Å². The molecule has 0 saturated carbocycles. The van der Waals surface area contributed by atoms with Crippen molar-refractivity contribution < 1.29 is 0 Å². The van der Waals surface area contributed by atoms with Gasteiger partial charge in [0.05, 0.1) is 18.0 Å². The van der Waals surface area contributed by atoms with Crippen molar-refractivity contribution in [1.82, 2.24) is 28.2 Å². The molecule has 0 radical (unpaired) electrons. The van der Waals surface area contributed by atoms with Crippen molar-refractivity contribution in [3.63, 3.8) is 0 Å². The normalized spacial score (nSPS) is 9.88. The Kier molecular flexibility index (Phi) is 27.3. The van der Waals surface area contributed by atoms with E-state index in [0.29, 0.717) is 16.2 Å². The van der Waals surface area contributed by atoms with Crippen LogP contribution in [0.5, 0.6) is 0 Å². The van der Waals surface area contributed by atoms with Gasteiger partial charge in [0, 0.05) is 55.1 Å². The summed E-state index contributed by atoms with van der Waals surface area (Å²) in [4.78, 5) is 12.0. The molecule has 6 rings (SSSR count). The molecule has 48 heavy (non-hydrogen) atoms. The number of hydrogen-bond donors (Lipinski definition) is 0. The molecule has 6 nitrogen and oxygen atoms in total. The van der Waals surface area contributed by atoms with E-state index in [1.165, 1.54) is 5.52 Å². The van der Waals surface area contributed by atoms with Gasteiger partial charge in [0.25, 0.3) is 0 Å². The monoisotopic (exact) mass is 661 g/mol. The highest BCUT2D eigenvalue weighted by Crippen LogP contribution is 2.09. The molecule has 0 N–H and O–H groups in total. The predicted molar refractivity (Wildman–Crippen MR) is 215 cm³/mol. The van der Waals surface area contributed by atoms with Crippen LogP contribution in [0.4, 0.5) is 0 Å². The Morgan fingerprint density at radius 3 is 1.33 bits per heavy atom. The van der Waals surface area contributed by atoms with Gasteiger partial charge in [-0.2, -0.15) is 0 Å². The maximum absolute atomic E-state index is 4.10. The molecule has 6 aromatic rings. The predicted octanol–water partition coefficient (Wildman–Crippen LogP) is 13.2. The fourth-order valence-electron chi connectivity index (χ4n) is 2.64. The van der Waals surface area contributed by atoms with Gasteiger partial charge in [0.15, 0.2) is 0 Å². The Balaban J connectivity index is -0.000000501. The first-order valence-electron chi connectivity index (χ1n) is 17.5. The maximum Gasteiger partial charge on any atom is 0.136 e. The Bertz CT molecular complexity index is 1230. The molecule has 0 aromatic carbocycles. The molecule has 0 bridgehead atoms. The zero-order valence-electron chi connectivity index (χ0n) is 34.1. The maximum atomic E-state index is 4.10. The van der Waals surface area contributed by atoms with E-state index in [1.807, 2.05) is 140 Å². The molecular formula is C42H72N6. The zero-order valence-corrected chi connectivity index (χ0v) is 34.1. The van der Waals surface area contributed by atoms with Gasteiger partial charge in [-0.25, -0.2) is 9.97 Å². The van der Waals surface area contributed by atoms with Crippen LogP contribution in [0.2, 0.25) is 0 Å². The fraction of sp³-hybridized carbons (Fsp3) is 0.500. The van der Waals surface area contributed by atoms with Crippen LogP contribution in [0.3, 0.4) is 0 Å². The average molecular weight is 661 g/mol. The first kappa shape index (κ1) is 48.5. The lowest BCUT2D eigenvalue weighted by Gasteiger charge is -2.05. The van der Waals surface area contributed by atoms with Crippen LogP contribution in [-0.4, -0.2) is 28.2 Å². The minimum absolute atomic E-state index is 0.500. The minimum atomic E-state index is 0.500. The summed E-state index contributed by atoms with van der Waals surface area (Å²) in [5.41, 5.74) is 4.82. The van der Waals surface area contributed by atoms with E-state index in [-0.39, 0.29) is 0 Å². The molecule has 0 spiro atoms. The molecule has 0 aliphatic rings. The summed E-state index contributed by atoms with van der Waals surface area (Å²) in [6, 6.07) is 15.9. The molecule has 0 aliphatic carbocycles. The van der Waals surface area contributed by atoms with Crippen LogP contribution < -0.4 is 0 Å². The Morgan fingerprint density at radius 1 is 0.417 bits per heavy atom. The molecule has 0 saturated heterocycles. The van der Waals surface area contributed by atoms with E-state index in [0.717, 1.165) is 11.2 Å². The van der Waals surface area contributed by atoms with Crippen LogP contribution in [0.25, 0.3) is 16.7 Å². The summed E-state index contributed by atoms with van der Waals surface area (Å²) in [5, 5.41) is 0. The smallest absolute Gasteiger partial charge is 0.136 e. The van der Waals surface area contributed by atoms with Crippen molar-refractivity contribution in [2.24, 2.45) is 16.2 Å². The van der Waals surface area contributed by atoms with Crippen molar-refractivity contribution in [2.45, 2.75) is 125 Å². The molecule has 0 atom stereocenters. The van der Waals surface area contributed by atoms with Crippen molar-refractivity contribution in [3.8, 4) is 0 Å². The molecular weight excluding hydrogens is 589 g/mol. The third kappa shape index (κ3) is 32.0. The number of nitrogens with zero attached hydrogens (tertiary/aromatic N) is 6. The lowest BCUT2D eigenvalue weighted by atomic mass is 10.0. The highest BCUT2D eigenvalue weighted by molar-refractivity contribution is 5.45. The first-order valence-corrected chi connectivity index (χ1v) is 17.5. The third-order valence-corrected chi connectivity index (χ3v) is 3.96. The Morgan fingerprint density at radius 2 is 0.854 bits per heavy atom. The molecule has 6 heterocycles. The van der Waals surface area contributed by atoms with Crippen molar-refractivity contribution in [1.29, 1.82) is 0 Å². The lowest BCUT2D eigenvalue weighted by molar-refractivity contribution is 0.469. The highest BCUT2D eigenvalue weighted by atomic mass is 14.9. The van der Waals surface area contributed by atoms with Gasteiger partial charge in [0.1, 0.15) is 5.65 Å². The standard InChI is InChI=1S/3C7H6N2.3C5H12.3C2H6/c1-3-7-8-4-2-6-9(7)5-1;1-2-7-3-4-8-6-9(7)5-1;1-2-7-6-8-3-5-9(7)4-1;3*1-5(2,3)4;3*1-2/h3*1-6H;3*1-4H3;3*1-2H3. The molecule has 6 heteroatoms. The second kappa shape index (κ2) is 27.1. The van der Waals surface area contributed by atoms with Gasteiger partial charge in [-0.3, -0.25) is 4.98 Å². The number of fused-ring (bicyclic) bond motifs is 3. The second-order valence-corrected chi connectivity index (χ2v) is 14.7. The molecule has 0 aliphatic heterocycles. The number of rotatable bonds is 0. The zero-order chi connectivity index (χ0) is 37.8. The second-order valence-electron chi connectivity index (χ2n) is 14.7. The summed E-state index contributed by atoms with van der Waals surface area (Å²) in [6.45, 7) is 38.2. The van der Waals surface area contributed by atoms with Crippen LogP contribution >= 0.6 is 0 Å². The Hall–Kier alpha value is -3.93. The number of hydrogen-bond acceptors (Lipinski definition) is 3. The fourth-order valence-corrected chi connectivity index (χ4v) is 2.64. The highest BCUT2D eigenvalue weighted by Gasteiger charge is 1.96. The molecule has 0 fully saturated rings. The summed E-state index contributed by atoms with van der Waals surface area (Å²) >= 11 is 0. The topological polar surface area (TPSA) is 51.9 Å². The van der Waals surface area contributed by atoms with E-state index in [4.69, 9.17) is 0 Å². The van der Waals surface area contributed by atoms with Gasteiger partial charge in [-0.15, -0.1) is 0 Å². The van der Waals surface area contributed by atoms with Crippen LogP contribution in [0.15, 0.2) is 111 Å². The van der Waals surface area contributed by atoms with Gasteiger partial charge < -0.3 is 13.2 Å². The molecule has 270 valence electrons. The quantitative estimate of drug-likeness (QED) is 0.163. The van der Waals surface area contributed by atoms with E-state index < -0.39 is 0 Å². The molecule has 0 unspecified atom stereocenters. The van der Waals surface area contributed by atoms with Crippen LogP contribution in [0.1, 0.15) is 125 Å². The summed E-state index contributed by atoms with van der Waals surface area (Å²) in [5.74, 6) is 0. The SMILES string of the molecule is CC.CC.CC.CC(C)(C)C.CC(C)(C)C.CC(C)(C)C.c1cc2ccncn2c1.c1cc2cnccn2c1.c1cnc2cccn2c1. The van der Waals surface area contributed by atoms with E-state index >= 15 is 0 Å². The average Bonchev–Trinajstić information content (AvgIpc) is 3.79.